The zero-order valence-corrected chi connectivity index (χ0v) is 11.0. The Morgan fingerprint density at radius 1 is 1.18 bits per heavy atom. The standard InChI is InChI=1S/C12H20N2O2S/c1-2-3-4-9-14-17(15,16)12-7-5-11(10-13)6-8-12/h5-8,14H,2-4,9-10,13H2,1H3. The van der Waals surface area contributed by atoms with Crippen LogP contribution < -0.4 is 10.5 Å². The van der Waals surface area contributed by atoms with E-state index >= 15 is 0 Å². The highest BCUT2D eigenvalue weighted by Crippen LogP contribution is 2.10. The maximum Gasteiger partial charge on any atom is 0.240 e. The molecule has 0 aliphatic rings. The van der Waals surface area contributed by atoms with Crippen LogP contribution in [0.3, 0.4) is 0 Å². The Morgan fingerprint density at radius 2 is 1.82 bits per heavy atom. The van der Waals surface area contributed by atoms with Crippen molar-refractivity contribution < 1.29 is 8.42 Å². The van der Waals surface area contributed by atoms with Crippen molar-refractivity contribution in [1.29, 1.82) is 0 Å². The predicted octanol–water partition coefficient (Wildman–Crippen LogP) is 1.61. The minimum atomic E-state index is -3.36. The molecule has 17 heavy (non-hydrogen) atoms. The number of sulfonamides is 1. The normalized spacial score (nSPS) is 11.6. The van der Waals surface area contributed by atoms with Gasteiger partial charge in [-0.05, 0) is 24.1 Å². The molecule has 0 atom stereocenters. The van der Waals surface area contributed by atoms with Crippen LogP contribution in [-0.2, 0) is 16.6 Å². The molecule has 0 heterocycles. The van der Waals surface area contributed by atoms with Gasteiger partial charge in [0.25, 0.3) is 0 Å². The van der Waals surface area contributed by atoms with Gasteiger partial charge in [0.15, 0.2) is 0 Å². The second-order valence-electron chi connectivity index (χ2n) is 3.95. The van der Waals surface area contributed by atoms with Gasteiger partial charge >= 0.3 is 0 Å². The first-order valence-corrected chi connectivity index (χ1v) is 7.37. The first-order valence-electron chi connectivity index (χ1n) is 5.89. The van der Waals surface area contributed by atoms with E-state index in [9.17, 15) is 8.42 Å². The van der Waals surface area contributed by atoms with E-state index in [4.69, 9.17) is 5.73 Å². The molecule has 0 saturated carbocycles. The van der Waals surface area contributed by atoms with E-state index in [1.807, 2.05) is 0 Å². The lowest BCUT2D eigenvalue weighted by Crippen LogP contribution is -2.24. The Kier molecular flexibility index (Phi) is 5.61. The molecule has 0 unspecified atom stereocenters. The molecule has 0 aliphatic carbocycles. The monoisotopic (exact) mass is 256 g/mol. The molecule has 0 spiro atoms. The van der Waals surface area contributed by atoms with E-state index in [1.165, 1.54) is 0 Å². The van der Waals surface area contributed by atoms with Crippen LogP contribution >= 0.6 is 0 Å². The summed E-state index contributed by atoms with van der Waals surface area (Å²) in [5.41, 5.74) is 6.38. The van der Waals surface area contributed by atoms with Crippen LogP contribution in [0.25, 0.3) is 0 Å². The molecule has 1 aromatic rings. The van der Waals surface area contributed by atoms with Crippen LogP contribution in [0.2, 0.25) is 0 Å². The van der Waals surface area contributed by atoms with Crippen molar-refractivity contribution in [1.82, 2.24) is 4.72 Å². The fourth-order valence-corrected chi connectivity index (χ4v) is 2.54. The third kappa shape index (κ3) is 4.46. The average molecular weight is 256 g/mol. The van der Waals surface area contributed by atoms with Gasteiger partial charge in [0.1, 0.15) is 0 Å². The van der Waals surface area contributed by atoms with Crippen LogP contribution in [0.15, 0.2) is 29.2 Å². The average Bonchev–Trinajstić information content (AvgIpc) is 2.35. The minimum absolute atomic E-state index is 0.297. The van der Waals surface area contributed by atoms with E-state index in [1.54, 1.807) is 24.3 Å². The molecular formula is C12H20N2O2S. The summed E-state index contributed by atoms with van der Waals surface area (Å²) in [7, 11) is -3.36. The van der Waals surface area contributed by atoms with Gasteiger partial charge in [-0.15, -0.1) is 0 Å². The number of hydrogen-bond donors (Lipinski definition) is 2. The maximum atomic E-state index is 11.9. The molecule has 0 fully saturated rings. The Balaban J connectivity index is 2.62. The van der Waals surface area contributed by atoms with Gasteiger partial charge in [-0.3, -0.25) is 0 Å². The maximum absolute atomic E-state index is 11.9. The van der Waals surface area contributed by atoms with Crippen molar-refractivity contribution in [3.63, 3.8) is 0 Å². The van der Waals surface area contributed by atoms with Gasteiger partial charge in [0.2, 0.25) is 10.0 Å². The van der Waals surface area contributed by atoms with E-state index in [-0.39, 0.29) is 0 Å². The highest BCUT2D eigenvalue weighted by molar-refractivity contribution is 7.89. The molecule has 0 amide bonds. The quantitative estimate of drug-likeness (QED) is 0.728. The molecule has 4 nitrogen and oxygen atoms in total. The molecule has 5 heteroatoms. The topological polar surface area (TPSA) is 72.2 Å². The first-order chi connectivity index (χ1) is 8.10. The zero-order chi connectivity index (χ0) is 12.7. The summed E-state index contributed by atoms with van der Waals surface area (Å²) in [4.78, 5) is 0.297. The molecule has 3 N–H and O–H groups in total. The second kappa shape index (κ2) is 6.74. The van der Waals surface area contributed by atoms with E-state index in [0.717, 1.165) is 24.8 Å². The fourth-order valence-electron chi connectivity index (χ4n) is 1.47. The van der Waals surface area contributed by atoms with E-state index < -0.39 is 10.0 Å². The Hall–Kier alpha value is -0.910. The summed E-state index contributed by atoms with van der Waals surface area (Å²) >= 11 is 0. The third-order valence-electron chi connectivity index (χ3n) is 2.54. The van der Waals surface area contributed by atoms with Gasteiger partial charge in [-0.1, -0.05) is 31.9 Å². The van der Waals surface area contributed by atoms with Crippen molar-refractivity contribution >= 4 is 10.0 Å². The molecule has 0 bridgehead atoms. The molecule has 0 aliphatic heterocycles. The van der Waals surface area contributed by atoms with Crippen LogP contribution in [0.4, 0.5) is 0 Å². The van der Waals surface area contributed by atoms with Crippen molar-refractivity contribution in [2.45, 2.75) is 37.6 Å². The predicted molar refractivity (Wildman–Crippen MR) is 69.0 cm³/mol. The van der Waals surface area contributed by atoms with Crippen molar-refractivity contribution in [2.75, 3.05) is 6.54 Å². The summed E-state index contributed by atoms with van der Waals surface area (Å²) in [6.07, 6.45) is 2.98. The number of rotatable bonds is 7. The largest absolute Gasteiger partial charge is 0.326 e. The van der Waals surface area contributed by atoms with Gasteiger partial charge in [0, 0.05) is 13.1 Å². The molecule has 0 aromatic heterocycles. The van der Waals surface area contributed by atoms with Crippen LogP contribution in [-0.4, -0.2) is 15.0 Å². The molecule has 0 radical (unpaired) electrons. The van der Waals surface area contributed by atoms with E-state index in [2.05, 4.69) is 11.6 Å². The van der Waals surface area contributed by atoms with E-state index in [0.29, 0.717) is 18.0 Å². The number of hydrogen-bond acceptors (Lipinski definition) is 3. The Morgan fingerprint density at radius 3 is 2.35 bits per heavy atom. The van der Waals surface area contributed by atoms with Gasteiger partial charge in [0.05, 0.1) is 4.90 Å². The summed E-state index contributed by atoms with van der Waals surface area (Å²) in [6, 6.07) is 6.65. The molecular weight excluding hydrogens is 236 g/mol. The first kappa shape index (κ1) is 14.2. The second-order valence-corrected chi connectivity index (χ2v) is 5.72. The summed E-state index contributed by atoms with van der Waals surface area (Å²) in [5, 5.41) is 0. The lowest BCUT2D eigenvalue weighted by atomic mass is 10.2. The lowest BCUT2D eigenvalue weighted by molar-refractivity contribution is 0.576. The molecule has 96 valence electrons. The van der Waals surface area contributed by atoms with Crippen LogP contribution in [0.1, 0.15) is 31.7 Å². The Labute approximate surface area is 103 Å². The smallest absolute Gasteiger partial charge is 0.240 e. The van der Waals surface area contributed by atoms with Crippen molar-refractivity contribution in [2.24, 2.45) is 5.73 Å². The SMILES string of the molecule is CCCCCNS(=O)(=O)c1ccc(CN)cc1. The lowest BCUT2D eigenvalue weighted by Gasteiger charge is -2.06. The zero-order valence-electron chi connectivity index (χ0n) is 10.1. The van der Waals surface area contributed by atoms with Crippen LogP contribution in [0.5, 0.6) is 0 Å². The van der Waals surface area contributed by atoms with Crippen molar-refractivity contribution in [3.05, 3.63) is 29.8 Å². The van der Waals surface area contributed by atoms with Crippen molar-refractivity contribution in [3.8, 4) is 0 Å². The molecule has 0 saturated heterocycles. The molecule has 1 rings (SSSR count). The summed E-state index contributed by atoms with van der Waals surface area (Å²) in [6.45, 7) is 3.00. The van der Waals surface area contributed by atoms with Gasteiger partial charge in [-0.2, -0.15) is 0 Å². The third-order valence-corrected chi connectivity index (χ3v) is 4.02. The highest BCUT2D eigenvalue weighted by atomic mass is 32.2. The highest BCUT2D eigenvalue weighted by Gasteiger charge is 2.12. The number of nitrogens with two attached hydrogens (primary N) is 1. The number of benzene rings is 1. The van der Waals surface area contributed by atoms with Gasteiger partial charge in [-0.25, -0.2) is 13.1 Å². The van der Waals surface area contributed by atoms with Gasteiger partial charge < -0.3 is 5.73 Å². The minimum Gasteiger partial charge on any atom is -0.326 e. The summed E-state index contributed by atoms with van der Waals surface area (Å²) in [5.74, 6) is 0. The number of unbranched alkanes of at least 4 members (excludes halogenated alkanes) is 2. The summed E-state index contributed by atoms with van der Waals surface area (Å²) < 4.78 is 26.3. The number of nitrogens with one attached hydrogen (secondary N) is 1. The van der Waals surface area contributed by atoms with Crippen LogP contribution in [0, 0.1) is 0 Å². The Bertz CT molecular complexity index is 426. The fraction of sp³-hybridized carbons (Fsp3) is 0.500. The molecule has 1 aromatic carbocycles.